The van der Waals surface area contributed by atoms with E-state index in [1.807, 2.05) is 30.3 Å². The highest BCUT2D eigenvalue weighted by Gasteiger charge is 2.16. The molecule has 0 fully saturated rings. The lowest BCUT2D eigenvalue weighted by Gasteiger charge is -2.21. The summed E-state index contributed by atoms with van der Waals surface area (Å²) in [4.78, 5) is 22.6. The number of nitrogens with one attached hydrogen (secondary N) is 2. The molecule has 1 atom stereocenters. The van der Waals surface area contributed by atoms with Crippen molar-refractivity contribution in [2.75, 3.05) is 11.9 Å². The van der Waals surface area contributed by atoms with Crippen molar-refractivity contribution in [1.82, 2.24) is 5.32 Å². The molecule has 0 spiro atoms. The van der Waals surface area contributed by atoms with Crippen LogP contribution in [0.4, 0.5) is 11.4 Å². The van der Waals surface area contributed by atoms with Gasteiger partial charge in [-0.3, -0.25) is 14.9 Å². The predicted octanol–water partition coefficient (Wildman–Crippen LogP) is 3.91. The van der Waals surface area contributed by atoms with Crippen LogP contribution in [0.5, 0.6) is 0 Å². The summed E-state index contributed by atoms with van der Waals surface area (Å²) in [5.74, 6) is 0.288. The molecule has 0 aliphatic rings. The zero-order valence-electron chi connectivity index (χ0n) is 14.4. The SMILES string of the molecule is CC(C)C[C@H](NC(=O)CNc1cccc([N+](=O)[O-])c1)c1ccccc1. The van der Waals surface area contributed by atoms with Gasteiger partial charge in [0.15, 0.2) is 0 Å². The molecule has 0 radical (unpaired) electrons. The van der Waals surface area contributed by atoms with Gasteiger partial charge in [0, 0.05) is 17.8 Å². The van der Waals surface area contributed by atoms with Gasteiger partial charge in [-0.05, 0) is 24.0 Å². The second kappa shape index (κ2) is 8.82. The molecular formula is C19H23N3O3. The average molecular weight is 341 g/mol. The minimum absolute atomic E-state index is 0.00706. The van der Waals surface area contributed by atoms with Gasteiger partial charge in [-0.25, -0.2) is 0 Å². The van der Waals surface area contributed by atoms with Crippen molar-refractivity contribution in [2.24, 2.45) is 5.92 Å². The largest absolute Gasteiger partial charge is 0.376 e. The van der Waals surface area contributed by atoms with E-state index >= 15 is 0 Å². The molecule has 0 aromatic heterocycles. The summed E-state index contributed by atoms with van der Waals surface area (Å²) in [7, 11) is 0. The average Bonchev–Trinajstić information content (AvgIpc) is 2.60. The van der Waals surface area contributed by atoms with Gasteiger partial charge in [-0.2, -0.15) is 0 Å². The molecule has 2 N–H and O–H groups in total. The van der Waals surface area contributed by atoms with Gasteiger partial charge in [-0.15, -0.1) is 0 Å². The van der Waals surface area contributed by atoms with Gasteiger partial charge in [0.05, 0.1) is 17.5 Å². The Morgan fingerprint density at radius 2 is 1.84 bits per heavy atom. The zero-order valence-corrected chi connectivity index (χ0v) is 14.4. The van der Waals surface area contributed by atoms with Crippen molar-refractivity contribution in [2.45, 2.75) is 26.3 Å². The normalized spacial score (nSPS) is 11.8. The van der Waals surface area contributed by atoms with Gasteiger partial charge in [0.2, 0.25) is 5.91 Å². The van der Waals surface area contributed by atoms with E-state index in [0.29, 0.717) is 11.6 Å². The van der Waals surface area contributed by atoms with E-state index in [4.69, 9.17) is 0 Å². The number of hydrogen-bond donors (Lipinski definition) is 2. The van der Waals surface area contributed by atoms with Crippen molar-refractivity contribution >= 4 is 17.3 Å². The van der Waals surface area contributed by atoms with Crippen LogP contribution < -0.4 is 10.6 Å². The number of nitro benzene ring substituents is 1. The minimum atomic E-state index is -0.459. The van der Waals surface area contributed by atoms with Crippen LogP contribution in [0.15, 0.2) is 54.6 Å². The molecule has 2 aromatic carbocycles. The molecule has 2 rings (SSSR count). The maximum Gasteiger partial charge on any atom is 0.271 e. The summed E-state index contributed by atoms with van der Waals surface area (Å²) < 4.78 is 0. The van der Waals surface area contributed by atoms with Crippen LogP contribution >= 0.6 is 0 Å². The van der Waals surface area contributed by atoms with E-state index in [1.54, 1.807) is 12.1 Å². The standard InChI is InChI=1S/C19H23N3O3/c1-14(2)11-18(15-7-4-3-5-8-15)21-19(23)13-20-16-9-6-10-17(12-16)22(24)25/h3-10,12,14,18,20H,11,13H2,1-2H3,(H,21,23)/t18-/m0/s1. The third kappa shape index (κ3) is 5.91. The van der Waals surface area contributed by atoms with E-state index in [2.05, 4.69) is 24.5 Å². The molecule has 132 valence electrons. The second-order valence-corrected chi connectivity index (χ2v) is 6.32. The Bertz CT molecular complexity index is 717. The quantitative estimate of drug-likeness (QED) is 0.563. The summed E-state index contributed by atoms with van der Waals surface area (Å²) >= 11 is 0. The number of rotatable bonds is 8. The Hall–Kier alpha value is -2.89. The first-order valence-electron chi connectivity index (χ1n) is 8.28. The minimum Gasteiger partial charge on any atom is -0.376 e. The van der Waals surface area contributed by atoms with E-state index in [0.717, 1.165) is 12.0 Å². The molecular weight excluding hydrogens is 318 g/mol. The zero-order chi connectivity index (χ0) is 18.2. The smallest absolute Gasteiger partial charge is 0.271 e. The highest BCUT2D eigenvalue weighted by molar-refractivity contribution is 5.81. The fourth-order valence-corrected chi connectivity index (χ4v) is 2.59. The van der Waals surface area contributed by atoms with Crippen LogP contribution in [0.2, 0.25) is 0 Å². The molecule has 0 bridgehead atoms. The number of nitro groups is 1. The molecule has 0 aliphatic heterocycles. The summed E-state index contributed by atoms with van der Waals surface area (Å²) in [5.41, 5.74) is 1.61. The Morgan fingerprint density at radius 3 is 2.48 bits per heavy atom. The Balaban J connectivity index is 1.97. The fourth-order valence-electron chi connectivity index (χ4n) is 2.59. The van der Waals surface area contributed by atoms with Crippen molar-refractivity contribution < 1.29 is 9.72 Å². The molecule has 0 saturated carbocycles. The molecule has 25 heavy (non-hydrogen) atoms. The lowest BCUT2D eigenvalue weighted by Crippen LogP contribution is -2.34. The molecule has 0 saturated heterocycles. The van der Waals surface area contributed by atoms with Crippen molar-refractivity contribution in [3.63, 3.8) is 0 Å². The number of carbonyl (C=O) groups is 1. The molecule has 1 amide bonds. The van der Waals surface area contributed by atoms with Crippen molar-refractivity contribution in [3.8, 4) is 0 Å². The summed E-state index contributed by atoms with van der Waals surface area (Å²) in [6.45, 7) is 4.29. The van der Waals surface area contributed by atoms with Gasteiger partial charge in [-0.1, -0.05) is 50.2 Å². The number of hydrogen-bond acceptors (Lipinski definition) is 4. The first-order valence-corrected chi connectivity index (χ1v) is 8.28. The number of anilines is 1. The Morgan fingerprint density at radius 1 is 1.12 bits per heavy atom. The number of non-ortho nitro benzene ring substituents is 1. The van der Waals surface area contributed by atoms with Crippen LogP contribution in [0.25, 0.3) is 0 Å². The Labute approximate surface area is 147 Å². The highest BCUT2D eigenvalue weighted by atomic mass is 16.6. The number of benzene rings is 2. The Kier molecular flexibility index (Phi) is 6.51. The topological polar surface area (TPSA) is 84.3 Å². The summed E-state index contributed by atoms with van der Waals surface area (Å²) in [6.07, 6.45) is 0.840. The number of amides is 1. The van der Waals surface area contributed by atoms with Crippen LogP contribution in [0.1, 0.15) is 31.9 Å². The lowest BCUT2D eigenvalue weighted by molar-refractivity contribution is -0.384. The molecule has 0 aliphatic carbocycles. The molecule has 0 unspecified atom stereocenters. The third-order valence-corrected chi connectivity index (χ3v) is 3.75. The summed E-state index contributed by atoms with van der Waals surface area (Å²) in [5, 5.41) is 16.8. The predicted molar refractivity (Wildman–Crippen MR) is 98.4 cm³/mol. The molecule has 2 aromatic rings. The van der Waals surface area contributed by atoms with Crippen molar-refractivity contribution in [3.05, 3.63) is 70.3 Å². The highest BCUT2D eigenvalue weighted by Crippen LogP contribution is 2.21. The molecule has 0 heterocycles. The van der Waals surface area contributed by atoms with Crippen LogP contribution in [0.3, 0.4) is 0 Å². The maximum absolute atomic E-state index is 12.3. The molecule has 6 heteroatoms. The first-order chi connectivity index (χ1) is 12.0. The maximum atomic E-state index is 12.3. The van der Waals surface area contributed by atoms with Gasteiger partial charge < -0.3 is 10.6 Å². The van der Waals surface area contributed by atoms with E-state index in [9.17, 15) is 14.9 Å². The van der Waals surface area contributed by atoms with Gasteiger partial charge in [0.1, 0.15) is 0 Å². The van der Waals surface area contributed by atoms with Crippen molar-refractivity contribution in [1.29, 1.82) is 0 Å². The number of nitrogens with zero attached hydrogens (tertiary/aromatic N) is 1. The third-order valence-electron chi connectivity index (χ3n) is 3.75. The van der Waals surface area contributed by atoms with E-state index in [1.165, 1.54) is 12.1 Å². The van der Waals surface area contributed by atoms with Gasteiger partial charge >= 0.3 is 0 Å². The van der Waals surface area contributed by atoms with E-state index in [-0.39, 0.29) is 24.2 Å². The van der Waals surface area contributed by atoms with Crippen LogP contribution in [-0.4, -0.2) is 17.4 Å². The fraction of sp³-hybridized carbons (Fsp3) is 0.316. The van der Waals surface area contributed by atoms with Crippen LogP contribution in [0, 0.1) is 16.0 Å². The van der Waals surface area contributed by atoms with Gasteiger partial charge in [0.25, 0.3) is 5.69 Å². The lowest BCUT2D eigenvalue weighted by atomic mass is 9.97. The van der Waals surface area contributed by atoms with E-state index < -0.39 is 4.92 Å². The van der Waals surface area contributed by atoms with Crippen LogP contribution in [-0.2, 0) is 4.79 Å². The monoisotopic (exact) mass is 341 g/mol. The summed E-state index contributed by atoms with van der Waals surface area (Å²) in [6, 6.07) is 15.9. The first kappa shape index (κ1) is 18.4. The molecule has 6 nitrogen and oxygen atoms in total. The second-order valence-electron chi connectivity index (χ2n) is 6.32. The number of carbonyl (C=O) groups excluding carboxylic acids is 1.